The van der Waals surface area contributed by atoms with E-state index in [2.05, 4.69) is 18.5 Å². The molecule has 2 fully saturated rings. The number of aromatic nitrogens is 2. The van der Waals surface area contributed by atoms with Crippen LogP contribution in [0.5, 0.6) is 0 Å². The molecule has 1 aliphatic carbocycles. The van der Waals surface area contributed by atoms with Gasteiger partial charge in [0.25, 0.3) is 0 Å². The number of ketones is 1. The fourth-order valence-corrected chi connectivity index (χ4v) is 6.53. The third-order valence-corrected chi connectivity index (χ3v) is 8.48. The molecule has 186 valence electrons. The molecule has 5 rings (SSSR count). The summed E-state index contributed by atoms with van der Waals surface area (Å²) < 4.78 is 2.10. The first-order valence-corrected chi connectivity index (χ1v) is 13.5. The maximum Gasteiger partial charge on any atom is 0.247 e. The van der Waals surface area contributed by atoms with Gasteiger partial charge in [0.15, 0.2) is 5.78 Å². The molecule has 4 heterocycles. The lowest BCUT2D eigenvalue weighted by Gasteiger charge is -2.34. The summed E-state index contributed by atoms with van der Waals surface area (Å²) in [4.78, 5) is 43.3. The Hall–Kier alpha value is -2.74. The quantitative estimate of drug-likeness (QED) is 0.580. The van der Waals surface area contributed by atoms with Crippen LogP contribution in [0.3, 0.4) is 0 Å². The Morgan fingerprint density at radius 1 is 1.14 bits per heavy atom. The van der Waals surface area contributed by atoms with Crippen molar-refractivity contribution in [1.29, 1.82) is 0 Å². The van der Waals surface area contributed by atoms with Crippen LogP contribution in [0, 0.1) is 5.41 Å². The van der Waals surface area contributed by atoms with Crippen molar-refractivity contribution in [2.45, 2.75) is 71.4 Å². The van der Waals surface area contributed by atoms with Gasteiger partial charge in [-0.15, -0.1) is 11.3 Å². The van der Waals surface area contributed by atoms with Gasteiger partial charge in [0, 0.05) is 43.9 Å². The van der Waals surface area contributed by atoms with Crippen molar-refractivity contribution in [3.05, 3.63) is 45.4 Å². The SMILES string of the molecule is CC(=O)N1CCC(n2nc([C@@H]3CCCN3C(=O)/C=C/c3cccs3)c3c2CC(C)(C)CC3=O)CC1. The van der Waals surface area contributed by atoms with Crippen LogP contribution in [0.4, 0.5) is 0 Å². The van der Waals surface area contributed by atoms with E-state index in [0.29, 0.717) is 26.1 Å². The van der Waals surface area contributed by atoms with Crippen molar-refractivity contribution < 1.29 is 14.4 Å². The van der Waals surface area contributed by atoms with Gasteiger partial charge in [-0.05, 0) is 55.0 Å². The maximum atomic E-state index is 13.5. The van der Waals surface area contributed by atoms with Crippen LogP contribution in [0.25, 0.3) is 6.08 Å². The van der Waals surface area contributed by atoms with Crippen molar-refractivity contribution in [2.24, 2.45) is 5.41 Å². The summed E-state index contributed by atoms with van der Waals surface area (Å²) in [6.07, 6.45) is 8.20. The fraction of sp³-hybridized carbons (Fsp3) is 0.556. The van der Waals surface area contributed by atoms with Crippen LogP contribution >= 0.6 is 11.3 Å². The molecule has 2 aromatic heterocycles. The van der Waals surface area contributed by atoms with Crippen molar-refractivity contribution >= 4 is 35.0 Å². The van der Waals surface area contributed by atoms with Crippen molar-refractivity contribution in [2.75, 3.05) is 19.6 Å². The first kappa shape index (κ1) is 24.0. The Morgan fingerprint density at radius 3 is 2.60 bits per heavy atom. The zero-order valence-electron chi connectivity index (χ0n) is 20.8. The number of likely N-dealkylation sites (tertiary alicyclic amines) is 2. The van der Waals surface area contributed by atoms with Gasteiger partial charge in [-0.25, -0.2) is 0 Å². The summed E-state index contributed by atoms with van der Waals surface area (Å²) in [5.41, 5.74) is 2.44. The van der Waals surface area contributed by atoms with Crippen LogP contribution in [0.1, 0.15) is 91.6 Å². The van der Waals surface area contributed by atoms with Crippen LogP contribution in [0.15, 0.2) is 23.6 Å². The highest BCUT2D eigenvalue weighted by Gasteiger charge is 2.42. The lowest BCUT2D eigenvalue weighted by molar-refractivity contribution is -0.130. The summed E-state index contributed by atoms with van der Waals surface area (Å²) in [7, 11) is 0. The lowest BCUT2D eigenvalue weighted by Crippen LogP contribution is -2.38. The van der Waals surface area contributed by atoms with Crippen molar-refractivity contribution in [3.8, 4) is 0 Å². The Bertz CT molecular complexity index is 1160. The van der Waals surface area contributed by atoms with Crippen LogP contribution in [-0.2, 0) is 16.0 Å². The molecule has 2 aliphatic heterocycles. The molecule has 2 amide bonds. The predicted octanol–water partition coefficient (Wildman–Crippen LogP) is 4.66. The lowest BCUT2D eigenvalue weighted by atomic mass is 9.75. The van der Waals surface area contributed by atoms with E-state index < -0.39 is 0 Å². The number of hydrogen-bond donors (Lipinski definition) is 0. The molecule has 0 N–H and O–H groups in total. The molecule has 35 heavy (non-hydrogen) atoms. The second-order valence-corrected chi connectivity index (χ2v) is 11.8. The Kier molecular flexibility index (Phi) is 6.42. The molecule has 0 unspecified atom stereocenters. The number of fused-ring (bicyclic) bond motifs is 1. The second-order valence-electron chi connectivity index (χ2n) is 10.9. The monoisotopic (exact) mass is 494 g/mol. The van der Waals surface area contributed by atoms with Gasteiger partial charge >= 0.3 is 0 Å². The Balaban J connectivity index is 1.47. The largest absolute Gasteiger partial charge is 0.343 e. The van der Waals surface area contributed by atoms with Crippen LogP contribution < -0.4 is 0 Å². The molecule has 0 bridgehead atoms. The van der Waals surface area contributed by atoms with Gasteiger partial charge in [0.1, 0.15) is 0 Å². The molecular formula is C27H34N4O3S. The molecule has 0 spiro atoms. The molecule has 7 nitrogen and oxygen atoms in total. The fourth-order valence-electron chi connectivity index (χ4n) is 5.91. The van der Waals surface area contributed by atoms with E-state index in [1.165, 1.54) is 0 Å². The minimum Gasteiger partial charge on any atom is -0.343 e. The van der Waals surface area contributed by atoms with E-state index in [0.717, 1.165) is 53.9 Å². The third kappa shape index (κ3) is 4.73. The van der Waals surface area contributed by atoms with Crippen molar-refractivity contribution in [3.63, 3.8) is 0 Å². The summed E-state index contributed by atoms with van der Waals surface area (Å²) in [5.74, 6) is 0.230. The van der Waals surface area contributed by atoms with E-state index in [-0.39, 0.29) is 35.1 Å². The molecular weight excluding hydrogens is 460 g/mol. The van der Waals surface area contributed by atoms with Crippen LogP contribution in [0.2, 0.25) is 0 Å². The number of carbonyl (C=O) groups is 3. The molecule has 0 radical (unpaired) electrons. The first-order valence-electron chi connectivity index (χ1n) is 12.7. The number of carbonyl (C=O) groups excluding carboxylic acids is 3. The summed E-state index contributed by atoms with van der Waals surface area (Å²) in [6.45, 7) is 8.00. The average molecular weight is 495 g/mol. The maximum absolute atomic E-state index is 13.5. The molecule has 2 aromatic rings. The molecule has 0 saturated carbocycles. The summed E-state index contributed by atoms with van der Waals surface area (Å²) >= 11 is 1.60. The Labute approximate surface area is 210 Å². The molecule has 2 saturated heterocycles. The molecule has 1 atom stereocenters. The normalized spacial score (nSPS) is 22.7. The van der Waals surface area contributed by atoms with Gasteiger partial charge in [0.05, 0.1) is 29.0 Å². The van der Waals surface area contributed by atoms with E-state index in [1.54, 1.807) is 24.3 Å². The molecule has 8 heteroatoms. The van der Waals surface area contributed by atoms with Gasteiger partial charge < -0.3 is 9.80 Å². The minimum atomic E-state index is -0.173. The number of rotatable bonds is 4. The number of nitrogens with zero attached hydrogens (tertiary/aromatic N) is 4. The average Bonchev–Trinajstić information content (AvgIpc) is 3.56. The summed E-state index contributed by atoms with van der Waals surface area (Å²) in [5, 5.41) is 7.10. The standard InChI is InChI=1S/C27H34N4O3S/c1-18(32)29-13-10-19(11-14-29)31-22-16-27(2,3)17-23(33)25(22)26(28-31)21-7-4-12-30(21)24(34)9-8-20-6-5-15-35-20/h5-6,8-9,15,19,21H,4,7,10-14,16-17H2,1-3H3/b9-8+/t21-/m0/s1. The topological polar surface area (TPSA) is 75.5 Å². The number of Topliss-reactive ketones (excluding diaryl/α,β-unsaturated/α-hetero) is 1. The van der Waals surface area contributed by atoms with Gasteiger partial charge in [-0.1, -0.05) is 19.9 Å². The van der Waals surface area contributed by atoms with E-state index in [9.17, 15) is 14.4 Å². The highest BCUT2D eigenvalue weighted by Crippen LogP contribution is 2.43. The third-order valence-electron chi connectivity index (χ3n) is 7.64. The zero-order valence-corrected chi connectivity index (χ0v) is 21.6. The number of hydrogen-bond acceptors (Lipinski definition) is 5. The zero-order chi connectivity index (χ0) is 24.7. The van der Waals surface area contributed by atoms with E-state index >= 15 is 0 Å². The Morgan fingerprint density at radius 2 is 1.91 bits per heavy atom. The predicted molar refractivity (Wildman–Crippen MR) is 136 cm³/mol. The van der Waals surface area contributed by atoms with Gasteiger partial charge in [0.2, 0.25) is 11.8 Å². The van der Waals surface area contributed by atoms with Gasteiger partial charge in [-0.2, -0.15) is 5.10 Å². The van der Waals surface area contributed by atoms with Gasteiger partial charge in [-0.3, -0.25) is 19.1 Å². The highest BCUT2D eigenvalue weighted by molar-refractivity contribution is 7.10. The molecule has 3 aliphatic rings. The van der Waals surface area contributed by atoms with E-state index in [4.69, 9.17) is 5.10 Å². The van der Waals surface area contributed by atoms with Crippen LogP contribution in [-0.4, -0.2) is 56.8 Å². The number of piperidine rings is 1. The van der Waals surface area contributed by atoms with E-state index in [1.807, 2.05) is 33.4 Å². The smallest absolute Gasteiger partial charge is 0.247 e. The summed E-state index contributed by atoms with van der Waals surface area (Å²) in [6, 6.07) is 3.96. The number of amides is 2. The number of thiophene rings is 1. The highest BCUT2D eigenvalue weighted by atomic mass is 32.1. The molecule has 0 aromatic carbocycles. The van der Waals surface area contributed by atoms with Crippen molar-refractivity contribution in [1.82, 2.24) is 19.6 Å². The first-order chi connectivity index (χ1) is 16.7. The minimum absolute atomic E-state index is 0.0254. The second kappa shape index (κ2) is 9.37.